The van der Waals surface area contributed by atoms with Crippen molar-refractivity contribution in [2.45, 2.75) is 31.3 Å². The van der Waals surface area contributed by atoms with Crippen LogP contribution in [0.1, 0.15) is 24.8 Å². The molecule has 2 aromatic carbocycles. The Bertz CT molecular complexity index is 1060. The molecule has 8 nitrogen and oxygen atoms in total. The Morgan fingerprint density at radius 3 is 2.53 bits per heavy atom. The van der Waals surface area contributed by atoms with Gasteiger partial charge in [-0.25, -0.2) is 8.78 Å². The van der Waals surface area contributed by atoms with Crippen LogP contribution in [0.15, 0.2) is 30.3 Å². The van der Waals surface area contributed by atoms with Gasteiger partial charge in [0.1, 0.15) is 41.9 Å². The van der Waals surface area contributed by atoms with E-state index in [9.17, 15) is 18.7 Å². The van der Waals surface area contributed by atoms with Crippen molar-refractivity contribution in [3.8, 4) is 11.5 Å². The van der Waals surface area contributed by atoms with Gasteiger partial charge < -0.3 is 34.3 Å². The van der Waals surface area contributed by atoms with Crippen molar-refractivity contribution in [1.29, 1.82) is 0 Å². The molecule has 0 radical (unpaired) electrons. The second kappa shape index (κ2) is 11.9. The lowest BCUT2D eigenvalue weighted by Crippen LogP contribution is -2.48. The zero-order chi connectivity index (χ0) is 25.5. The van der Waals surface area contributed by atoms with Crippen LogP contribution in [0.2, 0.25) is 0 Å². The number of benzene rings is 2. The molecule has 36 heavy (non-hydrogen) atoms. The third kappa shape index (κ3) is 6.43. The quantitative estimate of drug-likeness (QED) is 0.452. The van der Waals surface area contributed by atoms with Gasteiger partial charge in [0.05, 0.1) is 31.2 Å². The normalized spacial score (nSPS) is 16.9. The first-order valence-electron chi connectivity index (χ1n) is 12.1. The molecule has 2 aromatic rings. The van der Waals surface area contributed by atoms with E-state index in [0.29, 0.717) is 81.5 Å². The van der Waals surface area contributed by atoms with E-state index in [1.807, 2.05) is 4.90 Å². The number of methoxy groups -OCH3 is 1. The number of piperidine rings is 1. The molecule has 0 atom stereocenters. The summed E-state index contributed by atoms with van der Waals surface area (Å²) in [5, 5.41) is 13.6. The maximum absolute atomic E-state index is 14.8. The van der Waals surface area contributed by atoms with E-state index in [4.69, 9.17) is 18.9 Å². The smallest absolute Gasteiger partial charge is 0.224 e. The van der Waals surface area contributed by atoms with Crippen molar-refractivity contribution in [3.05, 3.63) is 47.5 Å². The molecule has 2 aliphatic heterocycles. The average Bonchev–Trinajstić information content (AvgIpc) is 2.87. The van der Waals surface area contributed by atoms with Crippen LogP contribution in [-0.4, -0.2) is 69.8 Å². The number of aliphatic hydroxyl groups is 1. The molecule has 2 N–H and O–H groups in total. The molecular weight excluding hydrogens is 474 g/mol. The van der Waals surface area contributed by atoms with Gasteiger partial charge in [0.2, 0.25) is 5.91 Å². The van der Waals surface area contributed by atoms with Gasteiger partial charge in [-0.1, -0.05) is 0 Å². The van der Waals surface area contributed by atoms with Gasteiger partial charge in [0.25, 0.3) is 0 Å². The molecule has 2 aliphatic rings. The number of hydrogen-bond donors (Lipinski definition) is 2. The number of hydrogen-bond acceptors (Lipinski definition) is 7. The van der Waals surface area contributed by atoms with Gasteiger partial charge in [-0.05, 0) is 43.5 Å². The Balaban J connectivity index is 1.28. The van der Waals surface area contributed by atoms with Crippen molar-refractivity contribution in [2.24, 2.45) is 0 Å². The summed E-state index contributed by atoms with van der Waals surface area (Å²) >= 11 is 0. The summed E-state index contributed by atoms with van der Waals surface area (Å²) in [5.41, 5.74) is 0.0940. The highest BCUT2D eigenvalue weighted by Gasteiger charge is 2.34. The summed E-state index contributed by atoms with van der Waals surface area (Å²) in [6, 6.07) is 7.51. The van der Waals surface area contributed by atoms with Crippen LogP contribution in [0, 0.1) is 11.6 Å². The van der Waals surface area contributed by atoms with Crippen LogP contribution in [0.5, 0.6) is 11.5 Å². The van der Waals surface area contributed by atoms with E-state index >= 15 is 0 Å². The van der Waals surface area contributed by atoms with Crippen LogP contribution in [0.3, 0.4) is 0 Å². The van der Waals surface area contributed by atoms with Gasteiger partial charge in [-0.2, -0.15) is 0 Å². The van der Waals surface area contributed by atoms with Crippen LogP contribution in [0.25, 0.3) is 0 Å². The molecule has 0 aliphatic carbocycles. The largest absolute Gasteiger partial charge is 0.491 e. The Morgan fingerprint density at radius 2 is 1.78 bits per heavy atom. The van der Waals surface area contributed by atoms with E-state index in [2.05, 4.69) is 5.32 Å². The topological polar surface area (TPSA) is 89.5 Å². The van der Waals surface area contributed by atoms with Gasteiger partial charge in [-0.3, -0.25) is 4.79 Å². The monoisotopic (exact) mass is 506 g/mol. The van der Waals surface area contributed by atoms with Gasteiger partial charge >= 0.3 is 0 Å². The fourth-order valence-electron chi connectivity index (χ4n) is 4.38. The van der Waals surface area contributed by atoms with Crippen molar-refractivity contribution < 1.29 is 37.6 Å². The first kappa shape index (κ1) is 26.1. The second-order valence-electron chi connectivity index (χ2n) is 9.01. The molecule has 2 heterocycles. The van der Waals surface area contributed by atoms with Gasteiger partial charge in [0, 0.05) is 38.2 Å². The molecule has 0 saturated carbocycles. The number of carbonyl (C=O) groups excluding carboxylic acids is 1. The van der Waals surface area contributed by atoms with Crippen LogP contribution in [0.4, 0.5) is 20.2 Å². The lowest BCUT2D eigenvalue weighted by Gasteiger charge is -2.39. The molecule has 196 valence electrons. The Morgan fingerprint density at radius 1 is 1.00 bits per heavy atom. The van der Waals surface area contributed by atoms with E-state index in [1.165, 1.54) is 18.2 Å². The molecule has 1 saturated heterocycles. The molecule has 0 spiro atoms. The number of carbonyl (C=O) groups is 1. The first-order valence-corrected chi connectivity index (χ1v) is 12.1. The maximum atomic E-state index is 14.8. The van der Waals surface area contributed by atoms with Crippen molar-refractivity contribution in [1.82, 2.24) is 0 Å². The Labute approximate surface area is 209 Å². The maximum Gasteiger partial charge on any atom is 0.224 e. The number of ether oxygens (including phenoxy) is 4. The summed E-state index contributed by atoms with van der Waals surface area (Å²) in [5.74, 6) is -0.260. The highest BCUT2D eigenvalue weighted by atomic mass is 19.1. The fraction of sp³-hybridized carbons (Fsp3) is 0.500. The zero-order valence-electron chi connectivity index (χ0n) is 20.4. The van der Waals surface area contributed by atoms with Crippen molar-refractivity contribution in [2.75, 3.05) is 63.5 Å². The lowest BCUT2D eigenvalue weighted by molar-refractivity contribution is -0.116. The fourth-order valence-corrected chi connectivity index (χ4v) is 4.38. The van der Waals surface area contributed by atoms with Crippen LogP contribution >= 0.6 is 0 Å². The highest BCUT2D eigenvalue weighted by Crippen LogP contribution is 2.35. The van der Waals surface area contributed by atoms with Gasteiger partial charge in [-0.15, -0.1) is 0 Å². The number of amides is 1. The SMILES string of the molecule is COCCOCCOc1ccc(N2CCC(O)(COc3ccc(F)c4c3CCC(=O)N4)CC2)c(F)c1. The minimum atomic E-state index is -1.10. The van der Waals surface area contributed by atoms with E-state index in [-0.39, 0.29) is 24.6 Å². The van der Waals surface area contributed by atoms with Crippen molar-refractivity contribution >= 4 is 17.3 Å². The van der Waals surface area contributed by atoms with Crippen molar-refractivity contribution in [3.63, 3.8) is 0 Å². The summed E-state index contributed by atoms with van der Waals surface area (Å²) in [4.78, 5) is 13.5. The molecule has 0 bridgehead atoms. The predicted octanol–water partition coefficient (Wildman–Crippen LogP) is 3.30. The number of anilines is 2. The van der Waals surface area contributed by atoms with E-state index in [1.54, 1.807) is 19.2 Å². The number of rotatable bonds is 11. The Hall–Kier alpha value is -2.95. The minimum Gasteiger partial charge on any atom is -0.491 e. The highest BCUT2D eigenvalue weighted by molar-refractivity contribution is 5.94. The summed E-state index contributed by atoms with van der Waals surface area (Å²) in [7, 11) is 1.60. The molecule has 1 fully saturated rings. The number of nitrogens with one attached hydrogen (secondary N) is 1. The van der Waals surface area contributed by atoms with E-state index < -0.39 is 17.2 Å². The average molecular weight is 507 g/mol. The predicted molar refractivity (Wildman–Crippen MR) is 130 cm³/mol. The molecule has 0 unspecified atom stereocenters. The number of nitrogens with zero attached hydrogens (tertiary/aromatic N) is 1. The third-order valence-corrected chi connectivity index (χ3v) is 6.46. The van der Waals surface area contributed by atoms with Gasteiger partial charge in [0.15, 0.2) is 0 Å². The lowest BCUT2D eigenvalue weighted by atomic mass is 9.92. The zero-order valence-corrected chi connectivity index (χ0v) is 20.4. The molecule has 10 heteroatoms. The second-order valence-corrected chi connectivity index (χ2v) is 9.01. The Kier molecular flexibility index (Phi) is 8.60. The molecule has 1 amide bonds. The number of fused-ring (bicyclic) bond motifs is 1. The minimum absolute atomic E-state index is 0.0224. The van der Waals surface area contributed by atoms with Crippen LogP contribution < -0.4 is 19.7 Å². The van der Waals surface area contributed by atoms with E-state index in [0.717, 1.165) is 0 Å². The summed E-state index contributed by atoms with van der Waals surface area (Å²) in [6.45, 7) is 2.59. The van der Waals surface area contributed by atoms with Crippen LogP contribution in [-0.2, 0) is 20.7 Å². The summed E-state index contributed by atoms with van der Waals surface area (Å²) in [6.07, 6.45) is 1.39. The summed E-state index contributed by atoms with van der Waals surface area (Å²) < 4.78 is 50.5. The standard InChI is InChI=1S/C26H32F2N2O6/c1-33-12-13-34-14-15-35-18-2-5-22(21(28)16-18)30-10-8-26(32,9-11-30)17-36-23-6-4-20(27)25-19(23)3-7-24(31)29-25/h2,4-6,16,32H,3,7-15,17H2,1H3,(H,29,31). The molecule has 0 aromatic heterocycles. The number of halogens is 2. The molecular formula is C26H32F2N2O6. The molecule has 4 rings (SSSR count). The third-order valence-electron chi connectivity index (χ3n) is 6.46. The first-order chi connectivity index (χ1) is 17.4.